The van der Waals surface area contributed by atoms with E-state index in [0.717, 1.165) is 0 Å². The largest absolute Gasteiger partial charge is 0.466 e. The van der Waals surface area contributed by atoms with Gasteiger partial charge in [-0.05, 0) is 6.07 Å². The molecule has 2 rings (SSSR count). The summed E-state index contributed by atoms with van der Waals surface area (Å²) in [4.78, 5) is 35.6. The molecule has 0 amide bonds. The second-order valence-electron chi connectivity index (χ2n) is 4.49. The molecule has 1 aromatic rings. The summed E-state index contributed by atoms with van der Waals surface area (Å²) in [7, 11) is 2.35. The molecule has 0 radical (unpaired) electrons. The van der Waals surface area contributed by atoms with Gasteiger partial charge in [-0.2, -0.15) is 0 Å². The maximum atomic E-state index is 12.1. The average Bonchev–Trinajstić information content (AvgIpc) is 2.59. The molecule has 0 aliphatic carbocycles. The zero-order chi connectivity index (χ0) is 17.0. The Labute approximate surface area is 131 Å². The molecule has 122 valence electrons. The lowest BCUT2D eigenvalue weighted by Crippen LogP contribution is -2.38. The first-order valence-electron chi connectivity index (χ1n) is 6.49. The maximum absolute atomic E-state index is 12.1. The number of esters is 2. The highest BCUT2D eigenvalue weighted by Crippen LogP contribution is 2.29. The third-order valence-electron chi connectivity index (χ3n) is 3.19. The number of nitro groups is 1. The number of hydrogen-bond acceptors (Lipinski definition) is 8. The average molecular weight is 322 g/mol. The van der Waals surface area contributed by atoms with Gasteiger partial charge in [0.25, 0.3) is 5.69 Å². The molecule has 23 heavy (non-hydrogen) atoms. The Balaban J connectivity index is 2.55. The van der Waals surface area contributed by atoms with Crippen LogP contribution in [0.4, 0.5) is 11.4 Å². The molecule has 1 aliphatic rings. The number of ether oxygens (including phenoxy) is 3. The predicted octanol–water partition coefficient (Wildman–Crippen LogP) is 0.989. The van der Waals surface area contributed by atoms with Gasteiger partial charge in [0.2, 0.25) is 0 Å². The van der Waals surface area contributed by atoms with Crippen LogP contribution in [0.1, 0.15) is 0 Å². The molecule has 0 unspecified atom stereocenters. The number of anilines is 1. The molecule has 0 aromatic heterocycles. The van der Waals surface area contributed by atoms with E-state index in [4.69, 9.17) is 9.47 Å². The Morgan fingerprint density at radius 1 is 1.26 bits per heavy atom. The number of benzene rings is 1. The SMILES string of the molecule is COC(=O)C1=C(C(=O)OC)N(c2cccc([N+](=O)[O-])c2)COC1. The van der Waals surface area contributed by atoms with Crippen molar-refractivity contribution in [3.8, 4) is 0 Å². The Hall–Kier alpha value is -2.94. The molecular weight excluding hydrogens is 308 g/mol. The van der Waals surface area contributed by atoms with Crippen LogP contribution < -0.4 is 4.90 Å². The number of carbonyl (C=O) groups excluding carboxylic acids is 2. The molecule has 0 saturated heterocycles. The fraction of sp³-hybridized carbons (Fsp3) is 0.286. The van der Waals surface area contributed by atoms with Crippen molar-refractivity contribution in [1.82, 2.24) is 0 Å². The number of hydrogen-bond donors (Lipinski definition) is 0. The lowest BCUT2D eigenvalue weighted by atomic mass is 10.1. The van der Waals surface area contributed by atoms with Crippen LogP contribution in [-0.4, -0.2) is 44.4 Å². The van der Waals surface area contributed by atoms with Gasteiger partial charge in [-0.3, -0.25) is 10.1 Å². The third-order valence-corrected chi connectivity index (χ3v) is 3.19. The zero-order valence-corrected chi connectivity index (χ0v) is 12.5. The summed E-state index contributed by atoms with van der Waals surface area (Å²) in [5.74, 6) is -1.50. The number of methoxy groups -OCH3 is 2. The van der Waals surface area contributed by atoms with Crippen LogP contribution in [0.2, 0.25) is 0 Å². The summed E-state index contributed by atoms with van der Waals surface area (Å²) >= 11 is 0. The van der Waals surface area contributed by atoms with Gasteiger partial charge in [0, 0.05) is 12.1 Å². The van der Waals surface area contributed by atoms with Gasteiger partial charge in [0.15, 0.2) is 0 Å². The number of nitro benzene ring substituents is 1. The van der Waals surface area contributed by atoms with Gasteiger partial charge in [0.05, 0.1) is 37.0 Å². The lowest BCUT2D eigenvalue weighted by Gasteiger charge is -2.31. The van der Waals surface area contributed by atoms with E-state index in [0.29, 0.717) is 5.69 Å². The van der Waals surface area contributed by atoms with Crippen molar-refractivity contribution in [3.63, 3.8) is 0 Å². The van der Waals surface area contributed by atoms with Crippen molar-refractivity contribution in [2.24, 2.45) is 0 Å². The molecule has 0 bridgehead atoms. The molecular formula is C14H14N2O7. The van der Waals surface area contributed by atoms with Crippen molar-refractivity contribution in [2.75, 3.05) is 32.5 Å². The van der Waals surface area contributed by atoms with E-state index in [1.54, 1.807) is 6.07 Å². The van der Waals surface area contributed by atoms with Crippen molar-refractivity contribution < 1.29 is 28.7 Å². The monoisotopic (exact) mass is 322 g/mol. The Morgan fingerprint density at radius 3 is 2.57 bits per heavy atom. The van der Waals surface area contributed by atoms with Crippen LogP contribution in [0.15, 0.2) is 35.5 Å². The summed E-state index contributed by atoms with van der Waals surface area (Å²) in [5, 5.41) is 10.9. The smallest absolute Gasteiger partial charge is 0.355 e. The fourth-order valence-electron chi connectivity index (χ4n) is 2.12. The second kappa shape index (κ2) is 6.88. The van der Waals surface area contributed by atoms with E-state index >= 15 is 0 Å². The first-order valence-corrected chi connectivity index (χ1v) is 6.49. The molecule has 0 spiro atoms. The van der Waals surface area contributed by atoms with Gasteiger partial charge in [-0.25, -0.2) is 9.59 Å². The molecule has 1 aromatic carbocycles. The van der Waals surface area contributed by atoms with E-state index in [1.165, 1.54) is 37.3 Å². The minimum atomic E-state index is -0.764. The first-order chi connectivity index (χ1) is 11.0. The highest BCUT2D eigenvalue weighted by Gasteiger charge is 2.32. The Kier molecular flexibility index (Phi) is 4.91. The zero-order valence-electron chi connectivity index (χ0n) is 12.5. The van der Waals surface area contributed by atoms with Crippen LogP contribution in [-0.2, 0) is 23.8 Å². The second-order valence-corrected chi connectivity index (χ2v) is 4.49. The molecule has 9 heteroatoms. The summed E-state index contributed by atoms with van der Waals surface area (Å²) in [5.41, 5.74) is 0.0841. The van der Waals surface area contributed by atoms with Crippen molar-refractivity contribution >= 4 is 23.3 Å². The van der Waals surface area contributed by atoms with Crippen LogP contribution >= 0.6 is 0 Å². The molecule has 0 N–H and O–H groups in total. The highest BCUT2D eigenvalue weighted by atomic mass is 16.6. The van der Waals surface area contributed by atoms with Crippen LogP contribution in [0, 0.1) is 10.1 Å². The first kappa shape index (κ1) is 16.4. The highest BCUT2D eigenvalue weighted by molar-refractivity contribution is 6.03. The molecule has 9 nitrogen and oxygen atoms in total. The predicted molar refractivity (Wildman–Crippen MR) is 77.5 cm³/mol. The fourth-order valence-corrected chi connectivity index (χ4v) is 2.12. The van der Waals surface area contributed by atoms with E-state index in [2.05, 4.69) is 4.74 Å². The van der Waals surface area contributed by atoms with Crippen LogP contribution in [0.5, 0.6) is 0 Å². The third kappa shape index (κ3) is 3.29. The molecule has 1 aliphatic heterocycles. The number of carbonyl (C=O) groups is 2. The van der Waals surface area contributed by atoms with Crippen molar-refractivity contribution in [1.29, 1.82) is 0 Å². The van der Waals surface area contributed by atoms with Gasteiger partial charge in [-0.15, -0.1) is 0 Å². The quantitative estimate of drug-likeness (QED) is 0.459. The standard InChI is InChI=1S/C14H14N2O7/c1-21-13(17)11-7-23-8-15(12(11)14(18)22-2)9-4-3-5-10(6-9)16(19)20/h3-6H,7-8H2,1-2H3. The Bertz CT molecular complexity index is 683. The Morgan fingerprint density at radius 2 is 1.96 bits per heavy atom. The number of non-ortho nitro benzene ring substituents is 1. The van der Waals surface area contributed by atoms with Crippen molar-refractivity contribution in [3.05, 3.63) is 45.6 Å². The minimum Gasteiger partial charge on any atom is -0.466 e. The van der Waals surface area contributed by atoms with E-state index in [9.17, 15) is 19.7 Å². The molecule has 0 atom stereocenters. The summed E-state index contributed by atoms with van der Waals surface area (Å²) in [6.45, 7) is -0.186. The summed E-state index contributed by atoms with van der Waals surface area (Å²) in [6.07, 6.45) is 0. The van der Waals surface area contributed by atoms with Crippen LogP contribution in [0.25, 0.3) is 0 Å². The summed E-state index contributed by atoms with van der Waals surface area (Å²) in [6, 6.07) is 5.61. The molecule has 1 heterocycles. The lowest BCUT2D eigenvalue weighted by molar-refractivity contribution is -0.384. The number of rotatable bonds is 4. The summed E-state index contributed by atoms with van der Waals surface area (Å²) < 4.78 is 14.6. The molecule has 0 fully saturated rings. The van der Waals surface area contributed by atoms with Gasteiger partial charge >= 0.3 is 11.9 Å². The van der Waals surface area contributed by atoms with Gasteiger partial charge in [-0.1, -0.05) is 6.07 Å². The molecule has 0 saturated carbocycles. The van der Waals surface area contributed by atoms with Gasteiger partial charge in [0.1, 0.15) is 12.4 Å². The minimum absolute atomic E-state index is 0.0166. The van der Waals surface area contributed by atoms with Gasteiger partial charge < -0.3 is 19.1 Å². The van der Waals surface area contributed by atoms with Crippen molar-refractivity contribution in [2.45, 2.75) is 0 Å². The van der Waals surface area contributed by atoms with E-state index in [1.807, 2.05) is 0 Å². The van der Waals surface area contributed by atoms with Crippen LogP contribution in [0.3, 0.4) is 0 Å². The van der Waals surface area contributed by atoms with E-state index < -0.39 is 16.9 Å². The number of nitrogens with zero attached hydrogens (tertiary/aromatic N) is 2. The topological polar surface area (TPSA) is 108 Å². The normalized spacial score (nSPS) is 14.4. The maximum Gasteiger partial charge on any atom is 0.355 e. The van der Waals surface area contributed by atoms with E-state index in [-0.39, 0.29) is 30.3 Å².